The van der Waals surface area contributed by atoms with Gasteiger partial charge in [-0.25, -0.2) is 0 Å². The number of furan rings is 1. The normalized spacial score (nSPS) is 11.7. The predicted molar refractivity (Wildman–Crippen MR) is 210 cm³/mol. The molecule has 0 saturated carbocycles. The number of rotatable bonds is 5. The molecule has 0 aliphatic rings. The molecule has 230 valence electrons. The molecule has 0 amide bonds. The second-order valence-electron chi connectivity index (χ2n) is 12.5. The van der Waals surface area contributed by atoms with Crippen molar-refractivity contribution in [2.75, 3.05) is 4.90 Å². The minimum Gasteiger partial charge on any atom is -0.455 e. The molecule has 2 heterocycles. The smallest absolute Gasteiger partial charge is 0.143 e. The minimum atomic E-state index is 0.872. The Kier molecular flexibility index (Phi) is 6.39. The molecule has 10 aromatic rings. The van der Waals surface area contributed by atoms with E-state index in [1.807, 2.05) is 11.3 Å². The summed E-state index contributed by atoms with van der Waals surface area (Å²) in [7, 11) is 0. The molecule has 0 N–H and O–H groups in total. The number of hydrogen-bond donors (Lipinski definition) is 0. The molecule has 0 bridgehead atoms. The first-order valence-electron chi connectivity index (χ1n) is 16.6. The summed E-state index contributed by atoms with van der Waals surface area (Å²) < 4.78 is 9.30. The minimum absolute atomic E-state index is 0.872. The molecule has 0 fully saturated rings. The topological polar surface area (TPSA) is 16.4 Å². The van der Waals surface area contributed by atoms with Crippen molar-refractivity contribution < 1.29 is 4.42 Å². The average Bonchev–Trinajstić information content (AvgIpc) is 3.75. The van der Waals surface area contributed by atoms with Crippen LogP contribution < -0.4 is 4.90 Å². The molecule has 0 atom stereocenters. The lowest BCUT2D eigenvalue weighted by atomic mass is 9.98. The molecule has 49 heavy (non-hydrogen) atoms. The van der Waals surface area contributed by atoms with Gasteiger partial charge >= 0.3 is 0 Å². The fourth-order valence-electron chi connectivity index (χ4n) is 7.44. The van der Waals surface area contributed by atoms with Gasteiger partial charge in [0.05, 0.1) is 16.8 Å². The predicted octanol–water partition coefficient (Wildman–Crippen LogP) is 13.9. The van der Waals surface area contributed by atoms with E-state index in [0.717, 1.165) is 44.4 Å². The highest BCUT2D eigenvalue weighted by molar-refractivity contribution is 7.26. The summed E-state index contributed by atoms with van der Waals surface area (Å²) >= 11 is 1.87. The van der Waals surface area contributed by atoms with Crippen molar-refractivity contribution in [3.63, 3.8) is 0 Å². The Morgan fingerprint density at radius 3 is 2.08 bits per heavy atom. The summed E-state index contributed by atoms with van der Waals surface area (Å²) in [5.74, 6) is 0. The number of nitrogens with zero attached hydrogens (tertiary/aromatic N) is 1. The molecule has 0 aliphatic heterocycles. The Labute approximate surface area is 287 Å². The zero-order valence-corrected chi connectivity index (χ0v) is 27.3. The molecule has 0 aliphatic carbocycles. The second-order valence-corrected chi connectivity index (χ2v) is 13.5. The number of fused-ring (bicyclic) bond motifs is 8. The summed E-state index contributed by atoms with van der Waals surface area (Å²) in [5.41, 5.74) is 9.83. The molecular formula is C46H29NOS. The highest BCUT2D eigenvalue weighted by atomic mass is 32.1. The lowest BCUT2D eigenvalue weighted by molar-refractivity contribution is 0.672. The molecule has 2 aromatic heterocycles. The van der Waals surface area contributed by atoms with Crippen molar-refractivity contribution in [3.05, 3.63) is 176 Å². The number of hydrogen-bond acceptors (Lipinski definition) is 3. The van der Waals surface area contributed by atoms with Gasteiger partial charge in [0.2, 0.25) is 0 Å². The molecule has 0 spiro atoms. The Hall–Kier alpha value is -6.16. The Balaban J connectivity index is 1.28. The van der Waals surface area contributed by atoms with E-state index < -0.39 is 0 Å². The number of benzene rings is 8. The van der Waals surface area contributed by atoms with Gasteiger partial charge in [-0.15, -0.1) is 11.3 Å². The van der Waals surface area contributed by atoms with Crippen molar-refractivity contribution in [1.82, 2.24) is 0 Å². The van der Waals surface area contributed by atoms with Crippen LogP contribution in [0.15, 0.2) is 180 Å². The molecule has 0 saturated heterocycles. The summed E-state index contributed by atoms with van der Waals surface area (Å²) in [4.78, 5) is 2.43. The van der Waals surface area contributed by atoms with Crippen LogP contribution >= 0.6 is 11.3 Å². The van der Waals surface area contributed by atoms with Gasteiger partial charge in [0.25, 0.3) is 0 Å². The van der Waals surface area contributed by atoms with E-state index in [1.54, 1.807) is 0 Å². The van der Waals surface area contributed by atoms with E-state index in [1.165, 1.54) is 47.8 Å². The van der Waals surface area contributed by atoms with Crippen molar-refractivity contribution in [3.8, 4) is 22.3 Å². The average molecular weight is 644 g/mol. The Morgan fingerprint density at radius 2 is 1.14 bits per heavy atom. The van der Waals surface area contributed by atoms with E-state index >= 15 is 0 Å². The van der Waals surface area contributed by atoms with Crippen molar-refractivity contribution >= 4 is 81.3 Å². The van der Waals surface area contributed by atoms with Gasteiger partial charge in [0.15, 0.2) is 0 Å². The second kappa shape index (κ2) is 11.2. The number of thiophene rings is 1. The van der Waals surface area contributed by atoms with Crippen LogP contribution in [0.4, 0.5) is 17.1 Å². The zero-order valence-electron chi connectivity index (χ0n) is 26.5. The molecule has 2 nitrogen and oxygen atoms in total. The van der Waals surface area contributed by atoms with E-state index in [-0.39, 0.29) is 0 Å². The monoisotopic (exact) mass is 643 g/mol. The van der Waals surface area contributed by atoms with E-state index in [0.29, 0.717) is 0 Å². The van der Waals surface area contributed by atoms with Crippen molar-refractivity contribution in [2.45, 2.75) is 0 Å². The van der Waals surface area contributed by atoms with Crippen LogP contribution in [0.3, 0.4) is 0 Å². The summed E-state index contributed by atoms with van der Waals surface area (Å²) in [6.07, 6.45) is 0. The Bertz CT molecular complexity index is 2840. The standard InChI is InChI=1S/C46H29NOS/c1-2-13-30(14-3-1)32-16-10-17-33(29-32)47(41-24-12-25-42-44(41)39-28-27-31-15-4-5-18-34(31)45(39)48-42)40-23-8-6-19-35(40)37-21-11-22-38-36-20-7-9-26-43(36)49-46(37)38/h1-29H. The summed E-state index contributed by atoms with van der Waals surface area (Å²) in [6.45, 7) is 0. The molecule has 0 unspecified atom stereocenters. The first-order valence-corrected chi connectivity index (χ1v) is 17.4. The van der Waals surface area contributed by atoms with Gasteiger partial charge in [-0.05, 0) is 59.0 Å². The molecule has 0 radical (unpaired) electrons. The van der Waals surface area contributed by atoms with Gasteiger partial charge in [-0.2, -0.15) is 0 Å². The van der Waals surface area contributed by atoms with Crippen LogP contribution in [0.1, 0.15) is 0 Å². The van der Waals surface area contributed by atoms with Gasteiger partial charge in [-0.1, -0.05) is 133 Å². The van der Waals surface area contributed by atoms with Gasteiger partial charge < -0.3 is 9.32 Å². The van der Waals surface area contributed by atoms with Crippen LogP contribution in [0.2, 0.25) is 0 Å². The zero-order chi connectivity index (χ0) is 32.3. The van der Waals surface area contributed by atoms with Crippen LogP contribution in [0, 0.1) is 0 Å². The van der Waals surface area contributed by atoms with Crippen LogP contribution in [-0.2, 0) is 0 Å². The maximum atomic E-state index is 6.70. The van der Waals surface area contributed by atoms with E-state index in [4.69, 9.17) is 4.42 Å². The van der Waals surface area contributed by atoms with Gasteiger partial charge in [-0.3, -0.25) is 0 Å². The maximum absolute atomic E-state index is 6.70. The quantitative estimate of drug-likeness (QED) is 0.186. The maximum Gasteiger partial charge on any atom is 0.143 e. The lowest BCUT2D eigenvalue weighted by Crippen LogP contribution is -2.11. The third kappa shape index (κ3) is 4.47. The molecule has 8 aromatic carbocycles. The van der Waals surface area contributed by atoms with Gasteiger partial charge in [0, 0.05) is 47.8 Å². The molecule has 3 heteroatoms. The number of anilines is 3. The lowest BCUT2D eigenvalue weighted by Gasteiger charge is -2.29. The fourth-order valence-corrected chi connectivity index (χ4v) is 8.67. The van der Waals surface area contributed by atoms with Gasteiger partial charge in [0.1, 0.15) is 11.2 Å². The summed E-state index contributed by atoms with van der Waals surface area (Å²) in [5, 5.41) is 7.10. The SMILES string of the molecule is c1ccc(-c2cccc(N(c3ccccc3-c3cccc4c3sc3ccccc34)c3cccc4oc5c6ccccc6ccc5c34)c2)cc1. The molecule has 10 rings (SSSR count). The summed E-state index contributed by atoms with van der Waals surface area (Å²) in [6, 6.07) is 63.1. The fraction of sp³-hybridized carbons (Fsp3) is 0. The van der Waals surface area contributed by atoms with Crippen molar-refractivity contribution in [1.29, 1.82) is 0 Å². The van der Waals surface area contributed by atoms with Crippen LogP contribution in [0.25, 0.3) is 75.1 Å². The number of para-hydroxylation sites is 1. The van der Waals surface area contributed by atoms with E-state index in [2.05, 4.69) is 181 Å². The van der Waals surface area contributed by atoms with Crippen LogP contribution in [0.5, 0.6) is 0 Å². The Morgan fingerprint density at radius 1 is 0.449 bits per heavy atom. The van der Waals surface area contributed by atoms with Crippen LogP contribution in [-0.4, -0.2) is 0 Å². The highest BCUT2D eigenvalue weighted by Gasteiger charge is 2.24. The third-order valence-electron chi connectivity index (χ3n) is 9.66. The van der Waals surface area contributed by atoms with E-state index in [9.17, 15) is 0 Å². The largest absolute Gasteiger partial charge is 0.455 e. The van der Waals surface area contributed by atoms with Crippen molar-refractivity contribution in [2.24, 2.45) is 0 Å². The third-order valence-corrected chi connectivity index (χ3v) is 10.9. The molecular weight excluding hydrogens is 615 g/mol. The highest BCUT2D eigenvalue weighted by Crippen LogP contribution is 2.49. The first-order chi connectivity index (χ1) is 24.3. The first kappa shape index (κ1) is 27.9.